The van der Waals surface area contributed by atoms with Crippen LogP contribution < -0.4 is 0 Å². The van der Waals surface area contributed by atoms with Crippen LogP contribution in [-0.4, -0.2) is 16.4 Å². The number of aromatic nitrogens is 1. The molecule has 0 saturated heterocycles. The first kappa shape index (κ1) is 25.8. The summed E-state index contributed by atoms with van der Waals surface area (Å²) in [7, 11) is 0. The molecule has 0 spiro atoms. The third-order valence-corrected chi connectivity index (χ3v) is 8.05. The van der Waals surface area contributed by atoms with E-state index in [0.717, 1.165) is 45.3 Å². The van der Waals surface area contributed by atoms with Crippen LogP contribution >= 0.6 is 11.6 Å². The molecule has 0 aliphatic rings. The van der Waals surface area contributed by atoms with Crippen LogP contribution in [0.2, 0.25) is 5.02 Å². The first-order valence-electron chi connectivity index (χ1n) is 11.8. The molecule has 0 atom stereocenters. The number of nitrogens with zero attached hydrogens (tertiary/aromatic N) is 3. The molecule has 0 radical (unpaired) electrons. The van der Waals surface area contributed by atoms with Crippen LogP contribution in [-0.2, 0) is 0 Å². The zero-order chi connectivity index (χ0) is 25.5. The van der Waals surface area contributed by atoms with Gasteiger partial charge in [-0.05, 0) is 138 Å². The van der Waals surface area contributed by atoms with Crippen LogP contribution in [0.5, 0.6) is 0 Å². The molecule has 0 N–H and O–H groups in total. The minimum absolute atomic E-state index is 0.713. The third-order valence-electron chi connectivity index (χ3n) is 7.59. The lowest BCUT2D eigenvalue weighted by Crippen LogP contribution is -2.06. The number of hydrogen-bond donors (Lipinski definition) is 0. The topological polar surface area (TPSA) is 37.6 Å². The number of pyridine rings is 1. The standard InChI is InChI=1S/C30H36ClN3/c1-15-17(3)21(7)29(22(8)18(15)4)32-24(10)26-13-12-14-27(34-26)25(11)33-30-23(9)19(5)16(2)20(6)28(30)31/h12-14H,1-11H3. The highest BCUT2D eigenvalue weighted by atomic mass is 35.5. The molecule has 2 aromatic carbocycles. The van der Waals surface area contributed by atoms with Crippen molar-refractivity contribution in [3.05, 3.63) is 84.7 Å². The molecule has 178 valence electrons. The predicted octanol–water partition coefficient (Wildman–Crippen LogP) is 8.79. The maximum atomic E-state index is 6.70. The maximum Gasteiger partial charge on any atom is 0.0854 e. The second-order valence-corrected chi connectivity index (χ2v) is 9.82. The van der Waals surface area contributed by atoms with Crippen molar-refractivity contribution < 1.29 is 0 Å². The number of benzene rings is 2. The van der Waals surface area contributed by atoms with E-state index in [1.54, 1.807) is 0 Å². The van der Waals surface area contributed by atoms with E-state index >= 15 is 0 Å². The van der Waals surface area contributed by atoms with E-state index in [0.29, 0.717) is 5.02 Å². The van der Waals surface area contributed by atoms with Gasteiger partial charge in [0, 0.05) is 0 Å². The highest BCUT2D eigenvalue weighted by molar-refractivity contribution is 6.34. The van der Waals surface area contributed by atoms with Crippen LogP contribution in [0.25, 0.3) is 0 Å². The fourth-order valence-electron chi connectivity index (χ4n) is 4.32. The van der Waals surface area contributed by atoms with E-state index in [4.69, 9.17) is 26.6 Å². The van der Waals surface area contributed by atoms with Gasteiger partial charge < -0.3 is 0 Å². The molecule has 0 unspecified atom stereocenters. The Kier molecular flexibility index (Phi) is 7.47. The molecular formula is C30H36ClN3. The van der Waals surface area contributed by atoms with E-state index in [1.165, 1.54) is 38.9 Å². The molecule has 0 amide bonds. The van der Waals surface area contributed by atoms with Crippen LogP contribution in [0, 0.1) is 62.3 Å². The van der Waals surface area contributed by atoms with Crippen molar-refractivity contribution in [2.45, 2.75) is 76.2 Å². The number of halogens is 1. The molecule has 0 aliphatic carbocycles. The molecule has 1 heterocycles. The number of rotatable bonds is 4. The largest absolute Gasteiger partial charge is 0.251 e. The summed E-state index contributed by atoms with van der Waals surface area (Å²) >= 11 is 6.70. The second kappa shape index (κ2) is 9.84. The van der Waals surface area contributed by atoms with E-state index < -0.39 is 0 Å². The molecule has 1 aromatic heterocycles. The Labute approximate surface area is 210 Å². The van der Waals surface area contributed by atoms with Crippen molar-refractivity contribution in [2.24, 2.45) is 9.98 Å². The van der Waals surface area contributed by atoms with Gasteiger partial charge in [-0.2, -0.15) is 0 Å². The summed E-state index contributed by atoms with van der Waals surface area (Å²) in [5, 5.41) is 0.713. The van der Waals surface area contributed by atoms with Crippen LogP contribution in [0.3, 0.4) is 0 Å². The Hall–Kier alpha value is -2.78. The van der Waals surface area contributed by atoms with E-state index in [-0.39, 0.29) is 0 Å². The van der Waals surface area contributed by atoms with E-state index in [2.05, 4.69) is 62.3 Å². The predicted molar refractivity (Wildman–Crippen MR) is 149 cm³/mol. The summed E-state index contributed by atoms with van der Waals surface area (Å²) in [5.74, 6) is 0. The van der Waals surface area contributed by atoms with Gasteiger partial charge in [0.2, 0.25) is 0 Å². The van der Waals surface area contributed by atoms with Gasteiger partial charge in [-0.1, -0.05) is 17.7 Å². The Morgan fingerprint density at radius 3 is 1.38 bits per heavy atom. The average molecular weight is 474 g/mol. The minimum atomic E-state index is 0.713. The number of hydrogen-bond acceptors (Lipinski definition) is 3. The maximum absolute atomic E-state index is 6.70. The van der Waals surface area contributed by atoms with Crippen molar-refractivity contribution in [3.8, 4) is 0 Å². The smallest absolute Gasteiger partial charge is 0.0854 e. The molecule has 3 aromatic rings. The van der Waals surface area contributed by atoms with Gasteiger partial charge in [0.05, 0.1) is 39.2 Å². The SMILES string of the molecule is CC(=Nc1c(C)c(C)c(C)c(C)c1C)c1cccc(C(C)=Nc2c(C)c(C)c(C)c(C)c2Cl)n1. The molecular weight excluding hydrogens is 438 g/mol. The van der Waals surface area contributed by atoms with Crippen LogP contribution in [0.1, 0.15) is 75.3 Å². The molecule has 4 heteroatoms. The lowest BCUT2D eigenvalue weighted by molar-refractivity contribution is 1.16. The number of aliphatic imine (C=N–C) groups is 2. The summed E-state index contributed by atoms with van der Waals surface area (Å²) in [6.07, 6.45) is 0. The zero-order valence-corrected chi connectivity index (χ0v) is 23.2. The normalized spacial score (nSPS) is 12.5. The van der Waals surface area contributed by atoms with Gasteiger partial charge in [0.15, 0.2) is 0 Å². The highest BCUT2D eigenvalue weighted by Gasteiger charge is 2.15. The first-order valence-corrected chi connectivity index (χ1v) is 12.2. The summed E-state index contributed by atoms with van der Waals surface area (Å²) < 4.78 is 0. The lowest BCUT2D eigenvalue weighted by atomic mass is 9.93. The van der Waals surface area contributed by atoms with Gasteiger partial charge in [-0.3, -0.25) is 4.99 Å². The van der Waals surface area contributed by atoms with Gasteiger partial charge in [-0.15, -0.1) is 0 Å². The van der Waals surface area contributed by atoms with Crippen molar-refractivity contribution in [1.29, 1.82) is 0 Å². The van der Waals surface area contributed by atoms with Gasteiger partial charge in [0.25, 0.3) is 0 Å². The van der Waals surface area contributed by atoms with Gasteiger partial charge in [-0.25, -0.2) is 9.98 Å². The summed E-state index contributed by atoms with van der Waals surface area (Å²) in [5.41, 5.74) is 16.3. The van der Waals surface area contributed by atoms with Gasteiger partial charge in [0.1, 0.15) is 0 Å². The fourth-order valence-corrected chi connectivity index (χ4v) is 4.64. The van der Waals surface area contributed by atoms with Crippen molar-refractivity contribution in [2.75, 3.05) is 0 Å². The van der Waals surface area contributed by atoms with Crippen molar-refractivity contribution >= 4 is 34.4 Å². The lowest BCUT2D eigenvalue weighted by Gasteiger charge is -2.16. The molecule has 0 aliphatic heterocycles. The highest BCUT2D eigenvalue weighted by Crippen LogP contribution is 2.37. The monoisotopic (exact) mass is 473 g/mol. The molecule has 0 fully saturated rings. The quantitative estimate of drug-likeness (QED) is 0.349. The fraction of sp³-hybridized carbons (Fsp3) is 0.367. The van der Waals surface area contributed by atoms with Crippen molar-refractivity contribution in [3.63, 3.8) is 0 Å². The van der Waals surface area contributed by atoms with Crippen LogP contribution in [0.15, 0.2) is 28.2 Å². The summed E-state index contributed by atoms with van der Waals surface area (Å²) in [6.45, 7) is 23.2. The molecule has 0 saturated carbocycles. The first-order chi connectivity index (χ1) is 15.9. The van der Waals surface area contributed by atoms with E-state index in [1.807, 2.05) is 32.0 Å². The Balaban J connectivity index is 2.08. The Morgan fingerprint density at radius 1 is 0.559 bits per heavy atom. The Bertz CT molecular complexity index is 1200. The summed E-state index contributed by atoms with van der Waals surface area (Å²) in [4.78, 5) is 14.9. The summed E-state index contributed by atoms with van der Waals surface area (Å²) in [6, 6.07) is 6.01. The minimum Gasteiger partial charge on any atom is -0.251 e. The third kappa shape index (κ3) is 4.59. The average Bonchev–Trinajstić information content (AvgIpc) is 2.84. The van der Waals surface area contributed by atoms with E-state index in [9.17, 15) is 0 Å². The van der Waals surface area contributed by atoms with Gasteiger partial charge >= 0.3 is 0 Å². The van der Waals surface area contributed by atoms with Crippen LogP contribution in [0.4, 0.5) is 11.4 Å². The molecule has 3 rings (SSSR count). The second-order valence-electron chi connectivity index (χ2n) is 9.44. The molecule has 34 heavy (non-hydrogen) atoms. The molecule has 3 nitrogen and oxygen atoms in total. The Morgan fingerprint density at radius 2 is 0.912 bits per heavy atom. The van der Waals surface area contributed by atoms with Crippen molar-refractivity contribution in [1.82, 2.24) is 4.98 Å². The molecule has 0 bridgehead atoms. The zero-order valence-electron chi connectivity index (χ0n) is 22.5.